The van der Waals surface area contributed by atoms with E-state index in [0.29, 0.717) is 83.1 Å². The quantitative estimate of drug-likeness (QED) is 0.0246. The first kappa shape index (κ1) is 50.5. The van der Waals surface area contributed by atoms with E-state index in [1.807, 2.05) is 6.26 Å². The molecule has 0 radical (unpaired) electrons. The van der Waals surface area contributed by atoms with Gasteiger partial charge in [0.25, 0.3) is 0 Å². The summed E-state index contributed by atoms with van der Waals surface area (Å²) >= 11 is 1.47. The number of hydrogen-bond donors (Lipinski definition) is 10. The van der Waals surface area contributed by atoms with Gasteiger partial charge in [0, 0.05) is 32.7 Å². The molecule has 0 aromatic carbocycles. The molecule has 16 N–H and O–H groups in total. The molecule has 0 aliphatic carbocycles. The van der Waals surface area contributed by atoms with Crippen LogP contribution in [0.5, 0.6) is 0 Å². The molecule has 3 heterocycles. The van der Waals surface area contributed by atoms with E-state index in [9.17, 15) is 38.7 Å². The molecular formula is C38H68N14O8S. The van der Waals surface area contributed by atoms with Crippen molar-refractivity contribution in [1.82, 2.24) is 30.7 Å². The minimum absolute atomic E-state index is 0.0662. The minimum atomic E-state index is -1.24. The van der Waals surface area contributed by atoms with Crippen molar-refractivity contribution in [2.45, 2.75) is 132 Å². The molecule has 0 spiro atoms. The SMILES string of the molecule is CSCC[C@H](NC(=O)[C@H](CCCN=C(N)N)NC(=O)[C@@H]1CCCN1C(=O)[C@@H](N)CCCCN)C(=O)N1CCC[C@H]1C(=O)N1CCC[C@H]1C(=O)N[C@@H](CCCN=C(N)N)C(=O)O. The monoisotopic (exact) mass is 881 g/mol. The number of carbonyl (C=O) groups excluding carboxylic acids is 6. The smallest absolute Gasteiger partial charge is 0.326 e. The van der Waals surface area contributed by atoms with Gasteiger partial charge < -0.3 is 70.2 Å². The highest BCUT2D eigenvalue weighted by atomic mass is 32.2. The highest BCUT2D eigenvalue weighted by molar-refractivity contribution is 7.98. The van der Waals surface area contributed by atoms with Gasteiger partial charge in [-0.05, 0) is 102 Å². The molecule has 0 aromatic heterocycles. The number of carboxylic acid groups (broad SMARTS) is 1. The summed E-state index contributed by atoms with van der Waals surface area (Å²) < 4.78 is 0. The first-order chi connectivity index (χ1) is 29.1. The number of nitrogens with one attached hydrogen (secondary N) is 3. The molecular weight excluding hydrogens is 813 g/mol. The molecule has 0 saturated carbocycles. The van der Waals surface area contributed by atoms with Gasteiger partial charge in [-0.3, -0.25) is 38.8 Å². The molecule has 0 aromatic rings. The van der Waals surface area contributed by atoms with Crippen LogP contribution in [0.2, 0.25) is 0 Å². The third-order valence-corrected chi connectivity index (χ3v) is 11.8. The van der Waals surface area contributed by atoms with Gasteiger partial charge in [-0.15, -0.1) is 0 Å². The van der Waals surface area contributed by atoms with E-state index < -0.39 is 77.8 Å². The fourth-order valence-electron chi connectivity index (χ4n) is 7.96. The summed E-state index contributed by atoms with van der Waals surface area (Å²) in [4.78, 5) is 107. The second kappa shape index (κ2) is 25.8. The normalized spacial score (nSPS) is 20.6. The Morgan fingerprint density at radius 2 is 1.16 bits per heavy atom. The first-order valence-electron chi connectivity index (χ1n) is 21.2. The van der Waals surface area contributed by atoms with Gasteiger partial charge in [-0.25, -0.2) is 4.79 Å². The second-order valence-corrected chi connectivity index (χ2v) is 16.6. The lowest BCUT2D eigenvalue weighted by Gasteiger charge is -2.33. The summed E-state index contributed by atoms with van der Waals surface area (Å²) in [6.07, 6.45) is 7.29. The number of rotatable bonds is 25. The van der Waals surface area contributed by atoms with E-state index in [4.69, 9.17) is 34.4 Å². The van der Waals surface area contributed by atoms with E-state index in [2.05, 4.69) is 25.9 Å². The average molecular weight is 881 g/mol. The van der Waals surface area contributed by atoms with Crippen LogP contribution in [-0.4, -0.2) is 167 Å². The summed E-state index contributed by atoms with van der Waals surface area (Å²) in [5.41, 5.74) is 33.5. The maximum atomic E-state index is 14.4. The predicted molar refractivity (Wildman–Crippen MR) is 231 cm³/mol. The fourth-order valence-corrected chi connectivity index (χ4v) is 8.44. The van der Waals surface area contributed by atoms with E-state index in [-0.39, 0.29) is 63.3 Å². The Hall–Kier alpha value is -4.90. The van der Waals surface area contributed by atoms with Crippen LogP contribution in [0.25, 0.3) is 0 Å². The number of hydrogen-bond acceptors (Lipinski definition) is 12. The van der Waals surface area contributed by atoms with Gasteiger partial charge in [0.2, 0.25) is 35.4 Å². The lowest BCUT2D eigenvalue weighted by molar-refractivity contribution is -0.149. The lowest BCUT2D eigenvalue weighted by atomic mass is 10.1. The molecule has 344 valence electrons. The van der Waals surface area contributed by atoms with E-state index in [0.717, 1.165) is 6.42 Å². The summed E-state index contributed by atoms with van der Waals surface area (Å²) in [7, 11) is 0. The van der Waals surface area contributed by atoms with Crippen LogP contribution >= 0.6 is 11.8 Å². The van der Waals surface area contributed by atoms with Crippen LogP contribution in [0.4, 0.5) is 0 Å². The molecule has 0 unspecified atom stereocenters. The molecule has 61 heavy (non-hydrogen) atoms. The zero-order valence-corrected chi connectivity index (χ0v) is 36.1. The molecule has 3 rings (SSSR count). The van der Waals surface area contributed by atoms with Gasteiger partial charge in [0.05, 0.1) is 6.04 Å². The largest absolute Gasteiger partial charge is 0.480 e. The van der Waals surface area contributed by atoms with E-state index in [1.165, 1.54) is 26.5 Å². The van der Waals surface area contributed by atoms with Gasteiger partial charge in [0.1, 0.15) is 36.3 Å². The third-order valence-electron chi connectivity index (χ3n) is 11.1. The Morgan fingerprint density at radius 3 is 1.70 bits per heavy atom. The van der Waals surface area contributed by atoms with Crippen LogP contribution < -0.4 is 50.4 Å². The highest BCUT2D eigenvalue weighted by Gasteiger charge is 2.44. The number of carboxylic acids is 1. The van der Waals surface area contributed by atoms with Crippen LogP contribution in [-0.2, 0) is 33.6 Å². The number of nitrogens with zero attached hydrogens (tertiary/aromatic N) is 5. The maximum Gasteiger partial charge on any atom is 0.326 e. The standard InChI is InChI=1S/C38H68N14O8S/c1-61-22-15-25(48-30(53)24(10-4-17-45-37(41)42)47-31(54)27-12-6-19-50(27)33(56)23(40)9-2-3-16-39)34(57)52-21-8-14-29(52)35(58)51-20-7-13-28(51)32(55)49-26(36(59)60)11-5-18-46-38(43)44/h23-29H,2-22,39-40H2,1H3,(H,47,54)(H,48,53)(H,49,55)(H,59,60)(H4,41,42,45)(H4,43,44,46)/t23-,24-,25-,26-,27-,28-,29-/m0/s1. The minimum Gasteiger partial charge on any atom is -0.480 e. The lowest BCUT2D eigenvalue weighted by Crippen LogP contribution is -2.59. The Morgan fingerprint density at radius 1 is 0.656 bits per heavy atom. The van der Waals surface area contributed by atoms with Crippen LogP contribution in [0.15, 0.2) is 9.98 Å². The Balaban J connectivity index is 1.76. The van der Waals surface area contributed by atoms with Crippen molar-refractivity contribution in [2.24, 2.45) is 44.4 Å². The fraction of sp³-hybridized carbons (Fsp3) is 0.763. The van der Waals surface area contributed by atoms with Gasteiger partial charge >= 0.3 is 5.97 Å². The van der Waals surface area contributed by atoms with Gasteiger partial charge in [-0.2, -0.15) is 11.8 Å². The zero-order valence-electron chi connectivity index (χ0n) is 35.3. The van der Waals surface area contributed by atoms with Crippen molar-refractivity contribution >= 4 is 65.1 Å². The number of nitrogens with two attached hydrogens (primary N) is 6. The molecule has 3 saturated heterocycles. The Labute approximate surface area is 361 Å². The topological polar surface area (TPSA) is 366 Å². The molecule has 23 heteroatoms. The molecule has 3 aliphatic heterocycles. The third kappa shape index (κ3) is 15.5. The number of carbonyl (C=O) groups is 7. The molecule has 6 amide bonds. The second-order valence-electron chi connectivity index (χ2n) is 15.7. The molecule has 7 atom stereocenters. The number of likely N-dealkylation sites (tertiary alicyclic amines) is 3. The molecule has 22 nitrogen and oxygen atoms in total. The number of amides is 6. The molecule has 3 aliphatic rings. The zero-order chi connectivity index (χ0) is 45.1. The Kier molecular flexibility index (Phi) is 21.3. The van der Waals surface area contributed by atoms with Gasteiger partial charge in [0.15, 0.2) is 11.9 Å². The van der Waals surface area contributed by atoms with E-state index in [1.54, 1.807) is 0 Å². The summed E-state index contributed by atoms with van der Waals surface area (Å²) in [5, 5.41) is 18.0. The molecule has 3 fully saturated rings. The van der Waals surface area contributed by atoms with Crippen LogP contribution in [0.3, 0.4) is 0 Å². The first-order valence-corrected chi connectivity index (χ1v) is 22.6. The Bertz CT molecular complexity index is 1580. The summed E-state index contributed by atoms with van der Waals surface area (Å²) in [5.74, 6) is -4.03. The number of unbranched alkanes of at least 4 members (excludes halogenated alkanes) is 1. The summed E-state index contributed by atoms with van der Waals surface area (Å²) in [6, 6.07) is -6.88. The number of aliphatic carboxylic acids is 1. The predicted octanol–water partition coefficient (Wildman–Crippen LogP) is -3.19. The highest BCUT2D eigenvalue weighted by Crippen LogP contribution is 2.27. The summed E-state index contributed by atoms with van der Waals surface area (Å²) in [6.45, 7) is 1.66. The molecule has 0 bridgehead atoms. The van der Waals surface area contributed by atoms with Gasteiger partial charge in [-0.1, -0.05) is 6.42 Å². The number of aliphatic imine (C=N–C) groups is 2. The van der Waals surface area contributed by atoms with Crippen LogP contribution in [0.1, 0.15) is 89.9 Å². The maximum absolute atomic E-state index is 14.4. The van der Waals surface area contributed by atoms with Crippen molar-refractivity contribution in [3.05, 3.63) is 0 Å². The van der Waals surface area contributed by atoms with Crippen molar-refractivity contribution in [3.8, 4) is 0 Å². The van der Waals surface area contributed by atoms with Crippen molar-refractivity contribution in [3.63, 3.8) is 0 Å². The van der Waals surface area contributed by atoms with Crippen molar-refractivity contribution < 1.29 is 38.7 Å². The van der Waals surface area contributed by atoms with Crippen molar-refractivity contribution in [2.75, 3.05) is 51.3 Å². The van der Waals surface area contributed by atoms with Crippen molar-refractivity contribution in [1.29, 1.82) is 0 Å². The number of thioether (sulfide) groups is 1. The van der Waals surface area contributed by atoms with Crippen LogP contribution in [0, 0.1) is 0 Å². The average Bonchev–Trinajstić information content (AvgIpc) is 4.02. The number of guanidine groups is 2. The van der Waals surface area contributed by atoms with E-state index >= 15 is 0 Å².